The number of anilines is 1. The molecule has 7 nitrogen and oxygen atoms in total. The second-order valence-electron chi connectivity index (χ2n) is 6.51. The van der Waals surface area contributed by atoms with Crippen LogP contribution in [0.25, 0.3) is 0 Å². The van der Waals surface area contributed by atoms with Crippen molar-refractivity contribution >= 4 is 43.3 Å². The topological polar surface area (TPSA) is 96.9 Å². The monoisotopic (exact) mass is 501 g/mol. The van der Waals surface area contributed by atoms with Gasteiger partial charge in [-0.2, -0.15) is 5.10 Å². The number of halogens is 1. The number of hydrogen-bond donors (Lipinski definition) is 2. The number of hydrogen-bond acceptors (Lipinski definition) is 5. The lowest BCUT2D eigenvalue weighted by atomic mass is 10.1. The summed E-state index contributed by atoms with van der Waals surface area (Å²) in [5, 5.41) is 4.10. The molecule has 2 N–H and O–H groups in total. The molecule has 0 aliphatic carbocycles. The zero-order chi connectivity index (χ0) is 22.4. The number of amides is 1. The molecule has 9 heteroatoms. The summed E-state index contributed by atoms with van der Waals surface area (Å²) >= 11 is 3.37. The van der Waals surface area contributed by atoms with E-state index in [2.05, 4.69) is 31.2 Å². The number of nitrogens with zero attached hydrogens (tertiary/aromatic N) is 1. The molecule has 0 bridgehead atoms. The average molecular weight is 502 g/mol. The number of nitrogens with one attached hydrogen (secondary N) is 2. The van der Waals surface area contributed by atoms with Crippen LogP contribution in [0.3, 0.4) is 0 Å². The first-order valence-electron chi connectivity index (χ1n) is 9.16. The van der Waals surface area contributed by atoms with Gasteiger partial charge in [0.25, 0.3) is 15.9 Å². The minimum absolute atomic E-state index is 0.0374. The van der Waals surface area contributed by atoms with E-state index in [-0.39, 0.29) is 10.5 Å². The summed E-state index contributed by atoms with van der Waals surface area (Å²) in [5.74, 6) is 0.0959. The largest absolute Gasteiger partial charge is 0.497 e. The zero-order valence-electron chi connectivity index (χ0n) is 16.8. The lowest BCUT2D eigenvalue weighted by molar-refractivity contribution is 0.0954. The zero-order valence-corrected chi connectivity index (χ0v) is 19.2. The van der Waals surface area contributed by atoms with Crippen LogP contribution in [0, 0.1) is 0 Å². The predicted octanol–water partition coefficient (Wildman–Crippen LogP) is 4.41. The van der Waals surface area contributed by atoms with Crippen LogP contribution in [0.2, 0.25) is 0 Å². The third kappa shape index (κ3) is 5.93. The fourth-order valence-corrected chi connectivity index (χ4v) is 4.00. The maximum atomic E-state index is 12.7. The van der Waals surface area contributed by atoms with Gasteiger partial charge in [-0.05, 0) is 67.1 Å². The molecule has 0 aromatic heterocycles. The molecule has 0 fully saturated rings. The summed E-state index contributed by atoms with van der Waals surface area (Å²) in [4.78, 5) is 12.5. The van der Waals surface area contributed by atoms with Crippen LogP contribution in [0.1, 0.15) is 22.8 Å². The van der Waals surface area contributed by atoms with E-state index in [1.54, 1.807) is 31.2 Å². The number of carbonyl (C=O) groups excluding carboxylic acids is 1. The summed E-state index contributed by atoms with van der Waals surface area (Å²) in [6, 6.07) is 19.7. The Bertz CT molecular complexity index is 1210. The Kier molecular flexibility index (Phi) is 7.09. The first kappa shape index (κ1) is 22.5. The maximum absolute atomic E-state index is 12.7. The standard InChI is InChI=1S/C22H20BrN3O4S/c1-15(16-6-8-18(23)9-7-16)24-25-22(27)17-4-3-5-21(14-17)31(28,29)26-19-10-12-20(30-2)13-11-19/h3-14,26H,1-2H3,(H,25,27)/b24-15+. The Hall–Kier alpha value is -3.17. The summed E-state index contributed by atoms with van der Waals surface area (Å²) < 4.78 is 33.9. The molecule has 0 unspecified atom stereocenters. The third-order valence-corrected chi connectivity index (χ3v) is 6.24. The van der Waals surface area contributed by atoms with Crippen molar-refractivity contribution in [3.8, 4) is 5.75 Å². The molecular weight excluding hydrogens is 482 g/mol. The number of methoxy groups -OCH3 is 1. The van der Waals surface area contributed by atoms with Crippen LogP contribution in [0.4, 0.5) is 5.69 Å². The Morgan fingerprint density at radius 3 is 2.29 bits per heavy atom. The van der Waals surface area contributed by atoms with Gasteiger partial charge in [-0.15, -0.1) is 0 Å². The molecule has 0 saturated carbocycles. The molecule has 31 heavy (non-hydrogen) atoms. The highest BCUT2D eigenvalue weighted by Crippen LogP contribution is 2.20. The SMILES string of the molecule is COc1ccc(NS(=O)(=O)c2cccc(C(=O)N/N=C(\C)c3ccc(Br)cc3)c2)cc1. The van der Waals surface area contributed by atoms with E-state index in [1.165, 1.54) is 31.4 Å². The minimum Gasteiger partial charge on any atom is -0.497 e. The van der Waals surface area contributed by atoms with Gasteiger partial charge in [0, 0.05) is 15.7 Å². The predicted molar refractivity (Wildman–Crippen MR) is 124 cm³/mol. The molecule has 0 aliphatic rings. The summed E-state index contributed by atoms with van der Waals surface area (Å²) in [5.41, 5.74) is 4.48. The van der Waals surface area contributed by atoms with Crippen LogP contribution in [0.15, 0.2) is 87.3 Å². The molecule has 3 aromatic rings. The lowest BCUT2D eigenvalue weighted by Crippen LogP contribution is -2.20. The number of sulfonamides is 1. The highest BCUT2D eigenvalue weighted by molar-refractivity contribution is 9.10. The van der Waals surface area contributed by atoms with Gasteiger partial charge >= 0.3 is 0 Å². The van der Waals surface area contributed by atoms with Crippen molar-refractivity contribution in [2.45, 2.75) is 11.8 Å². The second kappa shape index (κ2) is 9.76. The molecule has 0 aliphatic heterocycles. The molecule has 0 radical (unpaired) electrons. The first-order valence-corrected chi connectivity index (χ1v) is 11.4. The minimum atomic E-state index is -3.88. The van der Waals surface area contributed by atoms with Gasteiger partial charge in [-0.1, -0.05) is 34.1 Å². The van der Waals surface area contributed by atoms with Crippen molar-refractivity contribution in [1.82, 2.24) is 5.43 Å². The molecule has 1 amide bonds. The highest BCUT2D eigenvalue weighted by Gasteiger charge is 2.16. The van der Waals surface area contributed by atoms with E-state index in [4.69, 9.17) is 4.74 Å². The molecular formula is C22H20BrN3O4S. The first-order chi connectivity index (χ1) is 14.8. The van der Waals surface area contributed by atoms with E-state index in [1.807, 2.05) is 24.3 Å². The van der Waals surface area contributed by atoms with Gasteiger partial charge in [0.05, 0.1) is 17.7 Å². The van der Waals surface area contributed by atoms with Gasteiger partial charge in [-0.3, -0.25) is 9.52 Å². The van der Waals surface area contributed by atoms with E-state index >= 15 is 0 Å². The molecule has 0 heterocycles. The third-order valence-electron chi connectivity index (χ3n) is 4.34. The number of hydrazone groups is 1. The quantitative estimate of drug-likeness (QED) is 0.370. The van der Waals surface area contributed by atoms with Crippen LogP contribution < -0.4 is 14.9 Å². The Labute approximate surface area is 189 Å². The van der Waals surface area contributed by atoms with Crippen LogP contribution >= 0.6 is 15.9 Å². The summed E-state index contributed by atoms with van der Waals surface area (Å²) in [7, 11) is -2.35. The van der Waals surface area contributed by atoms with Gasteiger partial charge in [0.2, 0.25) is 0 Å². The summed E-state index contributed by atoms with van der Waals surface area (Å²) in [6.45, 7) is 1.77. The van der Waals surface area contributed by atoms with Gasteiger partial charge in [0.15, 0.2) is 0 Å². The van der Waals surface area contributed by atoms with Crippen molar-refractivity contribution in [3.05, 3.63) is 88.4 Å². The van der Waals surface area contributed by atoms with Crippen molar-refractivity contribution in [1.29, 1.82) is 0 Å². The molecule has 0 spiro atoms. The van der Waals surface area contributed by atoms with Crippen molar-refractivity contribution < 1.29 is 17.9 Å². The molecule has 0 saturated heterocycles. The Morgan fingerprint density at radius 1 is 0.968 bits per heavy atom. The molecule has 3 rings (SSSR count). The molecule has 3 aromatic carbocycles. The van der Waals surface area contributed by atoms with E-state index < -0.39 is 15.9 Å². The number of ether oxygens (including phenoxy) is 1. The van der Waals surface area contributed by atoms with Crippen molar-refractivity contribution in [3.63, 3.8) is 0 Å². The van der Waals surface area contributed by atoms with Crippen LogP contribution in [-0.2, 0) is 10.0 Å². The summed E-state index contributed by atoms with van der Waals surface area (Å²) in [6.07, 6.45) is 0. The van der Waals surface area contributed by atoms with E-state index in [9.17, 15) is 13.2 Å². The smallest absolute Gasteiger partial charge is 0.271 e. The second-order valence-corrected chi connectivity index (χ2v) is 9.10. The van der Waals surface area contributed by atoms with Crippen molar-refractivity contribution in [2.75, 3.05) is 11.8 Å². The number of carbonyl (C=O) groups is 1. The highest BCUT2D eigenvalue weighted by atomic mass is 79.9. The Balaban J connectivity index is 1.74. The van der Waals surface area contributed by atoms with Gasteiger partial charge in [0.1, 0.15) is 5.75 Å². The van der Waals surface area contributed by atoms with Crippen molar-refractivity contribution in [2.24, 2.45) is 5.10 Å². The average Bonchev–Trinajstić information content (AvgIpc) is 2.78. The molecule has 0 atom stereocenters. The normalized spacial score (nSPS) is 11.6. The Morgan fingerprint density at radius 2 is 1.65 bits per heavy atom. The number of rotatable bonds is 7. The number of benzene rings is 3. The lowest BCUT2D eigenvalue weighted by Gasteiger charge is -2.10. The fourth-order valence-electron chi connectivity index (χ4n) is 2.63. The van der Waals surface area contributed by atoms with E-state index in [0.29, 0.717) is 17.1 Å². The van der Waals surface area contributed by atoms with Gasteiger partial charge in [-0.25, -0.2) is 13.8 Å². The van der Waals surface area contributed by atoms with Crippen LogP contribution in [0.5, 0.6) is 5.75 Å². The van der Waals surface area contributed by atoms with Gasteiger partial charge < -0.3 is 4.74 Å². The fraction of sp³-hybridized carbons (Fsp3) is 0.0909. The molecule has 160 valence electrons. The van der Waals surface area contributed by atoms with E-state index in [0.717, 1.165) is 10.0 Å². The van der Waals surface area contributed by atoms with Crippen LogP contribution in [-0.4, -0.2) is 27.1 Å². The maximum Gasteiger partial charge on any atom is 0.271 e.